The van der Waals surface area contributed by atoms with Gasteiger partial charge in [0.2, 0.25) is 11.8 Å². The molecule has 0 saturated carbocycles. The number of aromatic nitrogens is 2. The second-order valence-corrected chi connectivity index (χ2v) is 14.0. The van der Waals surface area contributed by atoms with Gasteiger partial charge in [0.1, 0.15) is 0 Å². The first-order valence-electron chi connectivity index (χ1n) is 16.9. The van der Waals surface area contributed by atoms with Crippen molar-refractivity contribution in [2.24, 2.45) is 5.92 Å². The highest BCUT2D eigenvalue weighted by Crippen LogP contribution is 2.30. The molecular formula is C35H48ClN7O3. The van der Waals surface area contributed by atoms with E-state index in [4.69, 9.17) is 17.3 Å². The number of likely N-dealkylation sites (tertiary alicyclic amines) is 2. The Morgan fingerprint density at radius 3 is 2.37 bits per heavy atom. The van der Waals surface area contributed by atoms with Gasteiger partial charge in [-0.05, 0) is 94.9 Å². The summed E-state index contributed by atoms with van der Waals surface area (Å²) in [5.41, 5.74) is 10.1. The second kappa shape index (κ2) is 14.2. The van der Waals surface area contributed by atoms with E-state index < -0.39 is 5.92 Å². The van der Waals surface area contributed by atoms with Crippen LogP contribution in [0.2, 0.25) is 5.02 Å². The summed E-state index contributed by atoms with van der Waals surface area (Å²) in [6, 6.07) is 12.1. The fraction of sp³-hybridized carbons (Fsp3) is 0.571. The fourth-order valence-electron chi connectivity index (χ4n) is 7.77. The predicted octanol–water partition coefficient (Wildman–Crippen LogP) is 3.91. The summed E-state index contributed by atoms with van der Waals surface area (Å²) in [5, 5.41) is 0.478. The Labute approximate surface area is 276 Å². The first-order valence-corrected chi connectivity index (χ1v) is 17.3. The zero-order valence-electron chi connectivity index (χ0n) is 27.2. The predicted molar refractivity (Wildman–Crippen MR) is 183 cm³/mol. The minimum absolute atomic E-state index is 0.00934. The van der Waals surface area contributed by atoms with Crippen molar-refractivity contribution in [1.82, 2.24) is 29.2 Å². The molecule has 3 aliphatic rings. The van der Waals surface area contributed by atoms with Gasteiger partial charge in [-0.1, -0.05) is 29.8 Å². The highest BCUT2D eigenvalue weighted by Gasteiger charge is 2.34. The molecular weight excluding hydrogens is 602 g/mol. The van der Waals surface area contributed by atoms with Gasteiger partial charge in [0.05, 0.1) is 27.7 Å². The number of hydrogen-bond donors (Lipinski definition) is 2. The summed E-state index contributed by atoms with van der Waals surface area (Å²) in [6.45, 7) is 8.87. The molecule has 3 aliphatic heterocycles. The number of H-pyrrole nitrogens is 1. The van der Waals surface area contributed by atoms with Gasteiger partial charge in [0.15, 0.2) is 0 Å². The minimum Gasteiger partial charge on any atom is -0.397 e. The average Bonchev–Trinajstić information content (AvgIpc) is 3.24. The number of carbonyl (C=O) groups is 2. The fourth-order valence-corrected chi connectivity index (χ4v) is 8.06. The number of amides is 2. The van der Waals surface area contributed by atoms with Gasteiger partial charge in [-0.25, -0.2) is 4.79 Å². The maximum Gasteiger partial charge on any atom is 0.326 e. The molecule has 46 heavy (non-hydrogen) atoms. The van der Waals surface area contributed by atoms with Crippen molar-refractivity contribution in [3.63, 3.8) is 0 Å². The normalized spacial score (nSPS) is 20.2. The number of nitrogen functional groups attached to an aromatic ring is 1. The molecule has 0 radical (unpaired) electrons. The number of rotatable bonds is 7. The van der Waals surface area contributed by atoms with Crippen LogP contribution < -0.4 is 11.4 Å². The molecule has 6 rings (SSSR count). The number of imidazole rings is 1. The maximum absolute atomic E-state index is 14.1. The van der Waals surface area contributed by atoms with Gasteiger partial charge in [-0.3, -0.25) is 19.1 Å². The molecule has 4 heterocycles. The lowest BCUT2D eigenvalue weighted by Crippen LogP contribution is -2.50. The molecule has 10 nitrogen and oxygen atoms in total. The van der Waals surface area contributed by atoms with Crippen LogP contribution in [0.3, 0.4) is 0 Å². The largest absolute Gasteiger partial charge is 0.397 e. The van der Waals surface area contributed by atoms with Crippen LogP contribution in [0.4, 0.5) is 5.69 Å². The van der Waals surface area contributed by atoms with Crippen molar-refractivity contribution in [2.45, 2.75) is 64.0 Å². The standard InChI is InChI=1S/C35H48ClN7O3/c1-24-20-25(22-29(36)33(24)37)21-26(34(45)42-16-8-27(9-17-42)40-13-5-12-39(2)18-19-40)23-32(44)41-14-10-28(11-15-41)43-31-7-4-3-6-30(31)38-35(43)46/h3-4,6-7,20,22,26-28H,5,8-19,21,23,37H2,1-2H3,(H,38,46)/t26-/m0/s1. The van der Waals surface area contributed by atoms with Gasteiger partial charge >= 0.3 is 5.69 Å². The molecule has 3 saturated heterocycles. The van der Waals surface area contributed by atoms with Crippen LogP contribution in [0.15, 0.2) is 41.2 Å². The quantitative estimate of drug-likeness (QED) is 0.376. The zero-order chi connectivity index (χ0) is 32.4. The molecule has 0 bridgehead atoms. The van der Waals surface area contributed by atoms with Crippen molar-refractivity contribution in [3.05, 3.63) is 63.0 Å². The summed E-state index contributed by atoms with van der Waals surface area (Å²) in [5.74, 6) is -0.443. The number of para-hydroxylation sites is 2. The monoisotopic (exact) mass is 649 g/mol. The van der Waals surface area contributed by atoms with Crippen LogP contribution in [0.25, 0.3) is 11.0 Å². The average molecular weight is 650 g/mol. The molecule has 2 aromatic carbocycles. The van der Waals surface area contributed by atoms with Gasteiger partial charge in [-0.2, -0.15) is 0 Å². The highest BCUT2D eigenvalue weighted by atomic mass is 35.5. The smallest absolute Gasteiger partial charge is 0.326 e. The number of aromatic amines is 1. The van der Waals surface area contributed by atoms with E-state index in [0.29, 0.717) is 62.2 Å². The number of piperidine rings is 2. The van der Waals surface area contributed by atoms with E-state index in [1.807, 2.05) is 57.7 Å². The van der Waals surface area contributed by atoms with Gasteiger partial charge in [-0.15, -0.1) is 0 Å². The van der Waals surface area contributed by atoms with Crippen LogP contribution in [0.5, 0.6) is 0 Å². The lowest BCUT2D eigenvalue weighted by atomic mass is 9.91. The van der Waals surface area contributed by atoms with E-state index in [0.717, 1.165) is 61.2 Å². The molecule has 1 atom stereocenters. The molecule has 0 unspecified atom stereocenters. The molecule has 3 fully saturated rings. The Kier molecular flexibility index (Phi) is 10.1. The number of carbonyl (C=O) groups excluding carboxylic acids is 2. The number of halogens is 1. The van der Waals surface area contributed by atoms with Crippen molar-refractivity contribution in [2.75, 3.05) is 65.1 Å². The van der Waals surface area contributed by atoms with E-state index in [-0.39, 0.29) is 30.0 Å². The number of nitrogens with two attached hydrogens (primary N) is 1. The first-order chi connectivity index (χ1) is 22.2. The topological polar surface area (TPSA) is 111 Å². The van der Waals surface area contributed by atoms with Crippen molar-refractivity contribution < 1.29 is 9.59 Å². The van der Waals surface area contributed by atoms with Gasteiger partial charge in [0, 0.05) is 57.8 Å². The first kappa shape index (κ1) is 32.6. The number of nitrogens with zero attached hydrogens (tertiary/aromatic N) is 5. The zero-order valence-corrected chi connectivity index (χ0v) is 28.0. The third-order valence-corrected chi connectivity index (χ3v) is 10.8. The van der Waals surface area contributed by atoms with Crippen molar-refractivity contribution in [1.29, 1.82) is 0 Å². The Morgan fingerprint density at radius 1 is 0.935 bits per heavy atom. The molecule has 248 valence electrons. The van der Waals surface area contributed by atoms with Gasteiger partial charge < -0.3 is 25.4 Å². The van der Waals surface area contributed by atoms with Crippen molar-refractivity contribution in [3.8, 4) is 0 Å². The van der Waals surface area contributed by atoms with E-state index in [1.165, 1.54) is 6.42 Å². The van der Waals surface area contributed by atoms with Gasteiger partial charge in [0.25, 0.3) is 0 Å². The van der Waals surface area contributed by atoms with Crippen LogP contribution in [0.1, 0.15) is 55.7 Å². The summed E-state index contributed by atoms with van der Waals surface area (Å²) >= 11 is 6.44. The summed E-state index contributed by atoms with van der Waals surface area (Å²) in [4.78, 5) is 52.5. The third-order valence-electron chi connectivity index (χ3n) is 10.5. The maximum atomic E-state index is 14.1. The number of anilines is 1. The Hall–Kier alpha value is -3.34. The molecule has 3 aromatic rings. The number of hydrogen-bond acceptors (Lipinski definition) is 6. The number of aryl methyl sites for hydroxylation is 1. The lowest BCUT2D eigenvalue weighted by Gasteiger charge is -2.39. The van der Waals surface area contributed by atoms with Crippen LogP contribution >= 0.6 is 11.6 Å². The SMILES string of the molecule is Cc1cc(C[C@@H](CC(=O)N2CCC(n3c(=O)[nH]c4ccccc43)CC2)C(=O)N2CCC(N3CCCN(C)CC3)CC2)cc(Cl)c1N. The summed E-state index contributed by atoms with van der Waals surface area (Å²) in [7, 11) is 2.19. The Balaban J connectivity index is 1.12. The van der Waals surface area contributed by atoms with Crippen LogP contribution in [-0.2, 0) is 16.0 Å². The molecule has 11 heteroatoms. The molecule has 3 N–H and O–H groups in total. The Morgan fingerprint density at radius 2 is 1.63 bits per heavy atom. The molecule has 2 amide bonds. The van der Waals surface area contributed by atoms with E-state index in [1.54, 1.807) is 0 Å². The highest BCUT2D eigenvalue weighted by molar-refractivity contribution is 6.33. The van der Waals surface area contributed by atoms with E-state index in [2.05, 4.69) is 21.8 Å². The van der Waals surface area contributed by atoms with Crippen molar-refractivity contribution >= 4 is 40.1 Å². The molecule has 1 aromatic heterocycles. The summed E-state index contributed by atoms with van der Waals surface area (Å²) < 4.78 is 1.84. The molecule has 0 spiro atoms. The minimum atomic E-state index is -0.482. The van der Waals surface area contributed by atoms with E-state index >= 15 is 0 Å². The lowest BCUT2D eigenvalue weighted by molar-refractivity contribution is -0.143. The van der Waals surface area contributed by atoms with Crippen LogP contribution in [0, 0.1) is 12.8 Å². The second-order valence-electron chi connectivity index (χ2n) is 13.6. The number of nitrogens with one attached hydrogen (secondary N) is 1. The summed E-state index contributed by atoms with van der Waals surface area (Å²) in [6.07, 6.45) is 5.07. The Bertz CT molecular complexity index is 1580. The third kappa shape index (κ3) is 7.14. The number of fused-ring (bicyclic) bond motifs is 1. The number of likely N-dealkylation sites (N-methyl/N-ethyl adjacent to an activating group) is 1. The molecule has 0 aliphatic carbocycles. The van der Waals surface area contributed by atoms with Crippen LogP contribution in [-0.4, -0.2) is 106 Å². The number of benzene rings is 2. The van der Waals surface area contributed by atoms with E-state index in [9.17, 15) is 14.4 Å².